The van der Waals surface area contributed by atoms with Crippen molar-refractivity contribution in [2.45, 2.75) is 81.1 Å². The summed E-state index contributed by atoms with van der Waals surface area (Å²) in [6.45, 7) is 17.8. The Morgan fingerprint density at radius 3 is 1.11 bits per heavy atom. The maximum absolute atomic E-state index is 4.49. The van der Waals surface area contributed by atoms with E-state index in [4.69, 9.17) is 0 Å². The van der Waals surface area contributed by atoms with Crippen LogP contribution in [0.15, 0.2) is 10.2 Å². The van der Waals surface area contributed by atoms with Crippen LogP contribution in [0.25, 0.3) is 0 Å². The number of nitrogens with zero attached hydrogens (tertiary/aromatic N) is 2. The van der Waals surface area contributed by atoms with E-state index >= 15 is 0 Å². The molecule has 0 saturated carbocycles. The molecule has 2 heteroatoms. The van der Waals surface area contributed by atoms with E-state index in [0.29, 0.717) is 10.8 Å². The highest BCUT2D eigenvalue weighted by Gasteiger charge is 2.15. The third-order valence-corrected chi connectivity index (χ3v) is 2.62. The minimum atomic E-state index is 0.292. The standard InChI is InChI=1S/C16H32N2/c1-9-13(11-15(3,4)5)17-18-14(10-2)12-16(6,7)8/h9-12H2,1-8H3/b17-13-,18-14+. The van der Waals surface area contributed by atoms with Crippen LogP contribution in [-0.4, -0.2) is 11.4 Å². The van der Waals surface area contributed by atoms with Gasteiger partial charge in [-0.15, -0.1) is 0 Å². The van der Waals surface area contributed by atoms with Crippen molar-refractivity contribution in [1.29, 1.82) is 0 Å². The number of rotatable bonds is 5. The van der Waals surface area contributed by atoms with Crippen molar-refractivity contribution < 1.29 is 0 Å². The first kappa shape index (κ1) is 17.3. The Kier molecular flexibility index (Phi) is 6.80. The molecule has 0 heterocycles. The van der Waals surface area contributed by atoms with Gasteiger partial charge in [0.15, 0.2) is 0 Å². The van der Waals surface area contributed by atoms with E-state index < -0.39 is 0 Å². The van der Waals surface area contributed by atoms with Crippen molar-refractivity contribution in [3.8, 4) is 0 Å². The minimum absolute atomic E-state index is 0.292. The van der Waals surface area contributed by atoms with Gasteiger partial charge in [0.05, 0.1) is 0 Å². The molecule has 0 aliphatic heterocycles. The molecule has 0 rings (SSSR count). The summed E-state index contributed by atoms with van der Waals surface area (Å²) < 4.78 is 0. The molecular formula is C16H32N2. The van der Waals surface area contributed by atoms with E-state index in [2.05, 4.69) is 65.6 Å². The summed E-state index contributed by atoms with van der Waals surface area (Å²) in [5.41, 5.74) is 3.01. The molecule has 18 heavy (non-hydrogen) atoms. The van der Waals surface area contributed by atoms with Crippen LogP contribution in [0, 0.1) is 10.8 Å². The average Bonchev–Trinajstić information content (AvgIpc) is 2.18. The fourth-order valence-electron chi connectivity index (χ4n) is 1.83. The highest BCUT2D eigenvalue weighted by molar-refractivity contribution is 5.88. The SMILES string of the molecule is CC/C(CC(C)(C)C)=N/N=C(\CC)CC(C)(C)C. The van der Waals surface area contributed by atoms with Crippen LogP contribution < -0.4 is 0 Å². The molecule has 0 spiro atoms. The minimum Gasteiger partial charge on any atom is -0.160 e. The van der Waals surface area contributed by atoms with Gasteiger partial charge < -0.3 is 0 Å². The maximum Gasteiger partial charge on any atom is 0.0408 e. The Morgan fingerprint density at radius 1 is 0.667 bits per heavy atom. The summed E-state index contributed by atoms with van der Waals surface area (Å²) >= 11 is 0. The van der Waals surface area contributed by atoms with Gasteiger partial charge in [-0.25, -0.2) is 0 Å². The average molecular weight is 252 g/mol. The third-order valence-electron chi connectivity index (χ3n) is 2.62. The van der Waals surface area contributed by atoms with Crippen LogP contribution in [0.1, 0.15) is 81.1 Å². The molecule has 106 valence electrons. The molecule has 0 amide bonds. The van der Waals surface area contributed by atoms with E-state index in [1.54, 1.807) is 0 Å². The van der Waals surface area contributed by atoms with Crippen LogP contribution in [0.3, 0.4) is 0 Å². The topological polar surface area (TPSA) is 24.7 Å². The number of hydrogen-bond donors (Lipinski definition) is 0. The predicted octanol–water partition coefficient (Wildman–Crippen LogP) is 5.48. The van der Waals surface area contributed by atoms with Crippen molar-refractivity contribution >= 4 is 11.4 Å². The molecule has 0 fully saturated rings. The summed E-state index contributed by atoms with van der Waals surface area (Å²) in [5.74, 6) is 0. The Morgan fingerprint density at radius 2 is 0.944 bits per heavy atom. The lowest BCUT2D eigenvalue weighted by atomic mass is 9.88. The first-order chi connectivity index (χ1) is 8.07. The highest BCUT2D eigenvalue weighted by atomic mass is 15.2. The highest BCUT2D eigenvalue weighted by Crippen LogP contribution is 2.22. The monoisotopic (exact) mass is 252 g/mol. The summed E-state index contributed by atoms with van der Waals surface area (Å²) in [6, 6.07) is 0. The lowest BCUT2D eigenvalue weighted by molar-refractivity contribution is 0.429. The van der Waals surface area contributed by atoms with Gasteiger partial charge in [0.25, 0.3) is 0 Å². The fraction of sp³-hybridized carbons (Fsp3) is 0.875. The van der Waals surface area contributed by atoms with Gasteiger partial charge in [-0.05, 0) is 36.5 Å². The lowest BCUT2D eigenvalue weighted by Gasteiger charge is -2.19. The second-order valence-electron chi connectivity index (χ2n) is 7.51. The molecule has 0 aromatic heterocycles. The summed E-state index contributed by atoms with van der Waals surface area (Å²) in [5, 5.41) is 8.98. The second-order valence-corrected chi connectivity index (χ2v) is 7.51. The van der Waals surface area contributed by atoms with Gasteiger partial charge in [0.1, 0.15) is 0 Å². The van der Waals surface area contributed by atoms with Crippen LogP contribution in [0.2, 0.25) is 0 Å². The zero-order valence-electron chi connectivity index (χ0n) is 13.7. The fourth-order valence-corrected chi connectivity index (χ4v) is 1.83. The van der Waals surface area contributed by atoms with Crippen LogP contribution >= 0.6 is 0 Å². The zero-order chi connectivity index (χ0) is 14.4. The van der Waals surface area contributed by atoms with Crippen molar-refractivity contribution in [2.75, 3.05) is 0 Å². The van der Waals surface area contributed by atoms with Gasteiger partial charge in [0, 0.05) is 11.4 Å². The molecule has 2 nitrogen and oxygen atoms in total. The van der Waals surface area contributed by atoms with Crippen LogP contribution in [0.5, 0.6) is 0 Å². The Hall–Kier alpha value is -0.660. The van der Waals surface area contributed by atoms with Gasteiger partial charge in [-0.1, -0.05) is 55.4 Å². The van der Waals surface area contributed by atoms with Crippen molar-refractivity contribution in [1.82, 2.24) is 0 Å². The molecule has 0 aliphatic rings. The molecule has 0 radical (unpaired) electrons. The largest absolute Gasteiger partial charge is 0.160 e. The first-order valence-electron chi connectivity index (χ1n) is 7.18. The third kappa shape index (κ3) is 9.38. The molecule has 0 aromatic carbocycles. The summed E-state index contributed by atoms with van der Waals surface area (Å²) in [4.78, 5) is 0. The molecular weight excluding hydrogens is 220 g/mol. The summed E-state index contributed by atoms with van der Waals surface area (Å²) in [7, 11) is 0. The van der Waals surface area contributed by atoms with Crippen LogP contribution in [-0.2, 0) is 0 Å². The van der Waals surface area contributed by atoms with Crippen molar-refractivity contribution in [2.24, 2.45) is 21.0 Å². The van der Waals surface area contributed by atoms with Gasteiger partial charge in [-0.2, -0.15) is 10.2 Å². The molecule has 0 bridgehead atoms. The van der Waals surface area contributed by atoms with E-state index in [9.17, 15) is 0 Å². The zero-order valence-corrected chi connectivity index (χ0v) is 13.7. The Labute approximate surface area is 114 Å². The quantitative estimate of drug-likeness (QED) is 0.457. The smallest absolute Gasteiger partial charge is 0.0408 e. The predicted molar refractivity (Wildman–Crippen MR) is 83.6 cm³/mol. The molecule has 0 atom stereocenters. The lowest BCUT2D eigenvalue weighted by Crippen LogP contribution is -2.14. The van der Waals surface area contributed by atoms with Crippen molar-refractivity contribution in [3.05, 3.63) is 0 Å². The van der Waals surface area contributed by atoms with E-state index in [1.807, 2.05) is 0 Å². The molecule has 0 aromatic rings. The van der Waals surface area contributed by atoms with Gasteiger partial charge >= 0.3 is 0 Å². The maximum atomic E-state index is 4.49. The molecule has 0 saturated heterocycles. The normalized spacial score (nSPS) is 15.1. The molecule has 0 unspecified atom stereocenters. The first-order valence-corrected chi connectivity index (χ1v) is 7.18. The van der Waals surface area contributed by atoms with E-state index in [0.717, 1.165) is 25.7 Å². The van der Waals surface area contributed by atoms with Crippen molar-refractivity contribution in [3.63, 3.8) is 0 Å². The summed E-state index contributed by atoms with van der Waals surface area (Å²) in [6.07, 6.45) is 4.04. The van der Waals surface area contributed by atoms with E-state index in [1.165, 1.54) is 11.4 Å². The molecule has 0 aliphatic carbocycles. The molecule has 0 N–H and O–H groups in total. The van der Waals surface area contributed by atoms with Crippen LogP contribution in [0.4, 0.5) is 0 Å². The second kappa shape index (κ2) is 7.06. The van der Waals surface area contributed by atoms with E-state index in [-0.39, 0.29) is 0 Å². The van der Waals surface area contributed by atoms with Gasteiger partial charge in [-0.3, -0.25) is 0 Å². The van der Waals surface area contributed by atoms with Gasteiger partial charge in [0.2, 0.25) is 0 Å². The Bertz CT molecular complexity index is 266. The number of hydrogen-bond acceptors (Lipinski definition) is 2. The Balaban J connectivity index is 4.79.